The van der Waals surface area contributed by atoms with E-state index in [1.165, 1.54) is 20.1 Å². The van der Waals surface area contributed by atoms with Crippen LogP contribution in [0.1, 0.15) is 17.3 Å². The molecular weight excluding hydrogens is 386 g/mol. The van der Waals surface area contributed by atoms with Crippen LogP contribution in [0.5, 0.6) is 11.5 Å². The van der Waals surface area contributed by atoms with Crippen molar-refractivity contribution in [3.05, 3.63) is 23.8 Å². The van der Waals surface area contributed by atoms with Gasteiger partial charge in [-0.2, -0.15) is 8.78 Å². The number of rotatable bonds is 8. The van der Waals surface area contributed by atoms with E-state index in [9.17, 15) is 28.0 Å². The van der Waals surface area contributed by atoms with Crippen molar-refractivity contribution in [1.82, 2.24) is 10.6 Å². The number of alkyl carbamates (subject to hydrolysis) is 1. The van der Waals surface area contributed by atoms with Gasteiger partial charge in [0.1, 0.15) is 6.54 Å². The molecule has 0 aliphatic rings. The van der Waals surface area contributed by atoms with Crippen molar-refractivity contribution in [2.45, 2.75) is 19.6 Å². The summed E-state index contributed by atoms with van der Waals surface area (Å²) in [6, 6.07) is 3.44. The van der Waals surface area contributed by atoms with Gasteiger partial charge < -0.3 is 24.3 Å². The Morgan fingerprint density at radius 3 is 2.36 bits per heavy atom. The van der Waals surface area contributed by atoms with Crippen LogP contribution >= 0.6 is 0 Å². The normalized spacial score (nSPS) is 11.2. The van der Waals surface area contributed by atoms with E-state index in [1.54, 1.807) is 0 Å². The standard InChI is InChI=1S/C16H18F2N2O8/c1-8(13(22)20-16(24)26-3)27-12(21)7-19-14(23)9-4-5-10(28-15(17)18)11(6-9)25-2/h4-6,8,15H,7H2,1-3H3,(H,19,23)(H,20,22,24)/t8-/m0/s1. The number of hydrogen-bond donors (Lipinski definition) is 2. The maximum absolute atomic E-state index is 12.3. The fourth-order valence-electron chi connectivity index (χ4n) is 1.80. The Kier molecular flexibility index (Phi) is 8.59. The molecule has 0 saturated carbocycles. The van der Waals surface area contributed by atoms with E-state index >= 15 is 0 Å². The molecule has 0 saturated heterocycles. The molecule has 10 nitrogen and oxygen atoms in total. The summed E-state index contributed by atoms with van der Waals surface area (Å²) in [6.45, 7) is -2.45. The molecule has 0 aromatic heterocycles. The van der Waals surface area contributed by atoms with Crippen molar-refractivity contribution < 1.29 is 46.9 Å². The average Bonchev–Trinajstić information content (AvgIpc) is 2.65. The zero-order valence-corrected chi connectivity index (χ0v) is 15.1. The number of esters is 1. The molecule has 1 atom stereocenters. The lowest BCUT2D eigenvalue weighted by molar-refractivity contribution is -0.153. The van der Waals surface area contributed by atoms with Crippen molar-refractivity contribution in [3.63, 3.8) is 0 Å². The van der Waals surface area contributed by atoms with E-state index in [0.29, 0.717) is 0 Å². The molecule has 12 heteroatoms. The number of nitrogens with one attached hydrogen (secondary N) is 2. The SMILES string of the molecule is COC(=O)NC(=O)[C@H](C)OC(=O)CNC(=O)c1ccc(OC(F)F)c(OC)c1. The molecular formula is C16H18F2N2O8. The minimum absolute atomic E-state index is 0.00255. The maximum Gasteiger partial charge on any atom is 0.413 e. The molecule has 1 rings (SSSR count). The molecule has 0 aliphatic heterocycles. The van der Waals surface area contributed by atoms with Crippen molar-refractivity contribution in [1.29, 1.82) is 0 Å². The van der Waals surface area contributed by atoms with Crippen molar-refractivity contribution >= 4 is 23.9 Å². The molecule has 0 heterocycles. The van der Waals surface area contributed by atoms with Gasteiger partial charge in [-0.05, 0) is 25.1 Å². The predicted octanol–water partition coefficient (Wildman–Crippen LogP) is 0.841. The fourth-order valence-corrected chi connectivity index (χ4v) is 1.80. The highest BCUT2D eigenvalue weighted by Crippen LogP contribution is 2.29. The zero-order chi connectivity index (χ0) is 21.3. The van der Waals surface area contributed by atoms with Gasteiger partial charge >= 0.3 is 18.7 Å². The Labute approximate surface area is 158 Å². The van der Waals surface area contributed by atoms with Crippen LogP contribution in [-0.2, 0) is 19.1 Å². The van der Waals surface area contributed by atoms with Gasteiger partial charge in [0.15, 0.2) is 17.6 Å². The molecule has 3 amide bonds. The molecule has 154 valence electrons. The number of halogens is 2. The minimum atomic E-state index is -3.07. The molecule has 1 aromatic carbocycles. The van der Waals surface area contributed by atoms with Gasteiger partial charge in [-0.25, -0.2) is 4.79 Å². The van der Waals surface area contributed by atoms with Crippen molar-refractivity contribution in [2.75, 3.05) is 20.8 Å². The third kappa shape index (κ3) is 7.05. The van der Waals surface area contributed by atoms with Gasteiger partial charge in [0.05, 0.1) is 14.2 Å². The Balaban J connectivity index is 2.60. The van der Waals surface area contributed by atoms with Gasteiger partial charge in [-0.1, -0.05) is 0 Å². The van der Waals surface area contributed by atoms with E-state index in [1.807, 2.05) is 5.32 Å². The third-order valence-corrected chi connectivity index (χ3v) is 3.12. The summed E-state index contributed by atoms with van der Waals surface area (Å²) in [6.07, 6.45) is -2.33. The Morgan fingerprint density at radius 1 is 1.11 bits per heavy atom. The number of imide groups is 1. The van der Waals surface area contributed by atoms with Crippen molar-refractivity contribution in [3.8, 4) is 11.5 Å². The summed E-state index contributed by atoms with van der Waals surface area (Å²) >= 11 is 0. The predicted molar refractivity (Wildman–Crippen MR) is 88.1 cm³/mol. The van der Waals surface area contributed by atoms with Crippen LogP contribution in [0, 0.1) is 0 Å². The first-order valence-corrected chi connectivity index (χ1v) is 7.67. The molecule has 0 bridgehead atoms. The molecule has 0 aliphatic carbocycles. The smallest absolute Gasteiger partial charge is 0.413 e. The van der Waals surface area contributed by atoms with Crippen LogP contribution in [0.4, 0.5) is 13.6 Å². The second-order valence-electron chi connectivity index (χ2n) is 5.04. The number of ether oxygens (including phenoxy) is 4. The number of carbonyl (C=O) groups is 4. The first-order chi connectivity index (χ1) is 13.2. The molecule has 0 unspecified atom stereocenters. The van der Waals surface area contributed by atoms with Crippen LogP contribution in [0.2, 0.25) is 0 Å². The average molecular weight is 404 g/mol. The zero-order valence-electron chi connectivity index (χ0n) is 15.1. The Hall–Kier alpha value is -3.44. The van der Waals surface area contributed by atoms with Crippen LogP contribution in [0.15, 0.2) is 18.2 Å². The molecule has 0 spiro atoms. The minimum Gasteiger partial charge on any atom is -0.493 e. The summed E-state index contributed by atoms with van der Waals surface area (Å²) in [5.74, 6) is -2.97. The second-order valence-corrected chi connectivity index (χ2v) is 5.04. The molecule has 2 N–H and O–H groups in total. The summed E-state index contributed by atoms with van der Waals surface area (Å²) in [5, 5.41) is 4.04. The summed E-state index contributed by atoms with van der Waals surface area (Å²) in [4.78, 5) is 46.2. The maximum atomic E-state index is 12.3. The highest BCUT2D eigenvalue weighted by molar-refractivity contribution is 5.97. The lowest BCUT2D eigenvalue weighted by Crippen LogP contribution is -2.41. The molecule has 1 aromatic rings. The highest BCUT2D eigenvalue weighted by atomic mass is 19.3. The summed E-state index contributed by atoms with van der Waals surface area (Å²) in [5.41, 5.74) is 0.00255. The van der Waals surface area contributed by atoms with Gasteiger partial charge in [-0.15, -0.1) is 0 Å². The Morgan fingerprint density at radius 2 is 1.79 bits per heavy atom. The van der Waals surface area contributed by atoms with Crippen LogP contribution in [0.25, 0.3) is 0 Å². The number of hydrogen-bond acceptors (Lipinski definition) is 8. The molecule has 0 radical (unpaired) electrons. The fraction of sp³-hybridized carbons (Fsp3) is 0.375. The number of benzene rings is 1. The summed E-state index contributed by atoms with van der Waals surface area (Å²) < 4.78 is 42.7. The van der Waals surface area contributed by atoms with E-state index in [2.05, 4.69) is 14.8 Å². The van der Waals surface area contributed by atoms with E-state index in [4.69, 9.17) is 9.47 Å². The number of alkyl halides is 2. The van der Waals surface area contributed by atoms with Gasteiger partial charge in [-0.3, -0.25) is 19.7 Å². The van der Waals surface area contributed by atoms with E-state index in [0.717, 1.165) is 19.2 Å². The topological polar surface area (TPSA) is 129 Å². The largest absolute Gasteiger partial charge is 0.493 e. The monoisotopic (exact) mass is 404 g/mol. The van der Waals surface area contributed by atoms with Crippen LogP contribution < -0.4 is 20.1 Å². The van der Waals surface area contributed by atoms with Gasteiger partial charge in [0.25, 0.3) is 11.8 Å². The second kappa shape index (κ2) is 10.6. The number of amides is 3. The first kappa shape index (κ1) is 22.6. The van der Waals surface area contributed by atoms with E-state index in [-0.39, 0.29) is 17.1 Å². The summed E-state index contributed by atoms with van der Waals surface area (Å²) in [7, 11) is 2.25. The number of methoxy groups -OCH3 is 2. The lowest BCUT2D eigenvalue weighted by Gasteiger charge is -2.13. The van der Waals surface area contributed by atoms with Crippen molar-refractivity contribution in [2.24, 2.45) is 0 Å². The van der Waals surface area contributed by atoms with Crippen LogP contribution in [-0.4, -0.2) is 57.4 Å². The van der Waals surface area contributed by atoms with Gasteiger partial charge in [0.2, 0.25) is 0 Å². The highest BCUT2D eigenvalue weighted by Gasteiger charge is 2.21. The quantitative estimate of drug-likeness (QED) is 0.610. The lowest BCUT2D eigenvalue weighted by atomic mass is 10.2. The molecule has 0 fully saturated rings. The number of carbonyl (C=O) groups excluding carboxylic acids is 4. The van der Waals surface area contributed by atoms with Gasteiger partial charge in [0, 0.05) is 5.56 Å². The van der Waals surface area contributed by atoms with Crippen LogP contribution in [0.3, 0.4) is 0 Å². The molecule has 28 heavy (non-hydrogen) atoms. The third-order valence-electron chi connectivity index (χ3n) is 3.12. The Bertz CT molecular complexity index is 741. The van der Waals surface area contributed by atoms with E-state index < -0.39 is 43.1 Å². The first-order valence-electron chi connectivity index (χ1n) is 7.67.